The molecule has 0 saturated heterocycles. The normalized spacial score (nSPS) is 10.5. The maximum Gasteiger partial charge on any atom is 0.271 e. The Balaban J connectivity index is 2.11. The summed E-state index contributed by atoms with van der Waals surface area (Å²) in [7, 11) is 0. The fourth-order valence-electron chi connectivity index (χ4n) is 1.93. The molecule has 0 radical (unpaired) electrons. The van der Waals surface area contributed by atoms with Gasteiger partial charge in [-0.15, -0.1) is 0 Å². The number of aromatic nitrogens is 2. The fourth-order valence-corrected chi connectivity index (χ4v) is 1.93. The lowest BCUT2D eigenvalue weighted by atomic mass is 10.1. The maximum atomic E-state index is 11.8. The van der Waals surface area contributed by atoms with Gasteiger partial charge in [0.2, 0.25) is 0 Å². The highest BCUT2D eigenvalue weighted by atomic mass is 16.1. The molecule has 0 aliphatic carbocycles. The van der Waals surface area contributed by atoms with Crippen LogP contribution >= 0.6 is 0 Å². The van der Waals surface area contributed by atoms with Crippen LogP contribution in [0.2, 0.25) is 0 Å². The number of nitrogens with one attached hydrogen (secondary N) is 2. The highest BCUT2D eigenvalue weighted by molar-refractivity contribution is 5.92. The van der Waals surface area contributed by atoms with Crippen LogP contribution in [-0.2, 0) is 6.42 Å². The minimum Gasteiger partial charge on any atom is -0.348 e. The molecule has 2 rings (SSSR count). The van der Waals surface area contributed by atoms with E-state index in [4.69, 9.17) is 0 Å². The van der Waals surface area contributed by atoms with Gasteiger partial charge in [-0.3, -0.25) is 4.79 Å². The number of carbonyl (C=O) groups excluding carboxylic acids is 1. The average molecular weight is 284 g/mol. The van der Waals surface area contributed by atoms with Crippen LogP contribution in [0.4, 0.5) is 11.5 Å². The minimum absolute atomic E-state index is 0.0773. The van der Waals surface area contributed by atoms with Gasteiger partial charge in [-0.1, -0.05) is 25.1 Å². The summed E-state index contributed by atoms with van der Waals surface area (Å²) in [5.74, 6) is 0.412. The Morgan fingerprint density at radius 2 is 1.95 bits per heavy atom. The van der Waals surface area contributed by atoms with Crippen molar-refractivity contribution in [3.05, 3.63) is 47.9 Å². The Kier molecular flexibility index (Phi) is 4.87. The second-order valence-corrected chi connectivity index (χ2v) is 5.05. The van der Waals surface area contributed by atoms with Crippen LogP contribution in [0.15, 0.2) is 36.7 Å². The fraction of sp³-hybridized carbons (Fsp3) is 0.312. The van der Waals surface area contributed by atoms with E-state index in [0.717, 1.165) is 12.1 Å². The molecule has 0 fully saturated rings. The molecule has 2 N–H and O–H groups in total. The summed E-state index contributed by atoms with van der Waals surface area (Å²) in [5.41, 5.74) is 2.53. The van der Waals surface area contributed by atoms with Gasteiger partial charge in [-0.25, -0.2) is 9.97 Å². The smallest absolute Gasteiger partial charge is 0.271 e. The SMILES string of the molecule is CCc1ccccc1Nc1cnc(C(=O)NC(C)C)cn1. The molecule has 0 atom stereocenters. The molecule has 1 heterocycles. The maximum absolute atomic E-state index is 11.8. The zero-order valence-electron chi connectivity index (χ0n) is 12.6. The molecule has 5 nitrogen and oxygen atoms in total. The van der Waals surface area contributed by atoms with Crippen LogP contribution in [0, 0.1) is 0 Å². The summed E-state index contributed by atoms with van der Waals surface area (Å²) in [6.07, 6.45) is 3.99. The van der Waals surface area contributed by atoms with E-state index in [9.17, 15) is 4.79 Å². The molecule has 5 heteroatoms. The molecule has 0 saturated carbocycles. The average Bonchev–Trinajstić information content (AvgIpc) is 2.48. The highest BCUT2D eigenvalue weighted by Gasteiger charge is 2.09. The third-order valence-corrected chi connectivity index (χ3v) is 2.97. The molecule has 1 aromatic heterocycles. The molecule has 0 unspecified atom stereocenters. The van der Waals surface area contributed by atoms with Gasteiger partial charge in [0.25, 0.3) is 5.91 Å². The van der Waals surface area contributed by atoms with E-state index < -0.39 is 0 Å². The van der Waals surface area contributed by atoms with Gasteiger partial charge >= 0.3 is 0 Å². The van der Waals surface area contributed by atoms with Gasteiger partial charge in [0.15, 0.2) is 0 Å². The molecule has 21 heavy (non-hydrogen) atoms. The molecule has 0 aliphatic heterocycles. The number of amides is 1. The lowest BCUT2D eigenvalue weighted by Gasteiger charge is -2.10. The van der Waals surface area contributed by atoms with Crippen molar-refractivity contribution in [2.75, 3.05) is 5.32 Å². The Hall–Kier alpha value is -2.43. The zero-order chi connectivity index (χ0) is 15.2. The number of rotatable bonds is 5. The first-order valence-corrected chi connectivity index (χ1v) is 7.08. The van der Waals surface area contributed by atoms with E-state index in [0.29, 0.717) is 11.5 Å². The Morgan fingerprint density at radius 1 is 1.19 bits per heavy atom. The van der Waals surface area contributed by atoms with Crippen molar-refractivity contribution in [3.8, 4) is 0 Å². The first-order valence-electron chi connectivity index (χ1n) is 7.08. The molecule has 1 amide bonds. The Labute approximate surface area is 124 Å². The molecule has 110 valence electrons. The molecular formula is C16H20N4O. The summed E-state index contributed by atoms with van der Waals surface area (Å²) < 4.78 is 0. The second kappa shape index (κ2) is 6.83. The number of benzene rings is 1. The largest absolute Gasteiger partial charge is 0.348 e. The van der Waals surface area contributed by atoms with E-state index >= 15 is 0 Å². The molecule has 0 aliphatic rings. The van der Waals surface area contributed by atoms with Crippen molar-refractivity contribution < 1.29 is 4.79 Å². The molecular weight excluding hydrogens is 264 g/mol. The summed E-state index contributed by atoms with van der Waals surface area (Å²) in [6, 6.07) is 8.13. The summed E-state index contributed by atoms with van der Waals surface area (Å²) in [6.45, 7) is 5.91. The van der Waals surface area contributed by atoms with Crippen LogP contribution < -0.4 is 10.6 Å². The Bertz CT molecular complexity index is 608. The molecule has 0 bridgehead atoms. The van der Waals surface area contributed by atoms with Crippen molar-refractivity contribution in [1.29, 1.82) is 0 Å². The number of para-hydroxylation sites is 1. The van der Waals surface area contributed by atoms with E-state index in [1.54, 1.807) is 6.20 Å². The van der Waals surface area contributed by atoms with E-state index in [2.05, 4.69) is 33.6 Å². The Morgan fingerprint density at radius 3 is 2.57 bits per heavy atom. The van der Waals surface area contributed by atoms with Gasteiger partial charge in [0, 0.05) is 11.7 Å². The number of nitrogens with zero attached hydrogens (tertiary/aromatic N) is 2. The number of hydrogen-bond acceptors (Lipinski definition) is 4. The monoisotopic (exact) mass is 284 g/mol. The lowest BCUT2D eigenvalue weighted by Crippen LogP contribution is -2.30. The van der Waals surface area contributed by atoms with Gasteiger partial charge in [-0.2, -0.15) is 0 Å². The van der Waals surface area contributed by atoms with Crippen LogP contribution in [0.5, 0.6) is 0 Å². The predicted molar refractivity (Wildman–Crippen MR) is 83.7 cm³/mol. The summed E-state index contributed by atoms with van der Waals surface area (Å²) in [5, 5.41) is 6.01. The zero-order valence-corrected chi connectivity index (χ0v) is 12.6. The predicted octanol–water partition coefficient (Wildman–Crippen LogP) is 2.92. The van der Waals surface area contributed by atoms with Gasteiger partial charge in [0.1, 0.15) is 11.5 Å². The minimum atomic E-state index is -0.210. The number of aryl methyl sites for hydroxylation is 1. The third-order valence-electron chi connectivity index (χ3n) is 2.97. The third kappa shape index (κ3) is 4.02. The second-order valence-electron chi connectivity index (χ2n) is 5.05. The summed E-state index contributed by atoms with van der Waals surface area (Å²) in [4.78, 5) is 20.2. The van der Waals surface area contributed by atoms with Crippen LogP contribution in [0.3, 0.4) is 0 Å². The van der Waals surface area contributed by atoms with Crippen LogP contribution in [0.25, 0.3) is 0 Å². The van der Waals surface area contributed by atoms with Crippen LogP contribution in [-0.4, -0.2) is 21.9 Å². The molecule has 2 aromatic rings. The van der Waals surface area contributed by atoms with Gasteiger partial charge in [0.05, 0.1) is 12.4 Å². The summed E-state index contributed by atoms with van der Waals surface area (Å²) >= 11 is 0. The van der Waals surface area contributed by atoms with Crippen molar-refractivity contribution in [2.24, 2.45) is 0 Å². The van der Waals surface area contributed by atoms with Crippen molar-refractivity contribution in [1.82, 2.24) is 15.3 Å². The number of anilines is 2. The van der Waals surface area contributed by atoms with E-state index in [1.165, 1.54) is 11.8 Å². The van der Waals surface area contributed by atoms with Crippen molar-refractivity contribution in [2.45, 2.75) is 33.2 Å². The van der Waals surface area contributed by atoms with Crippen LogP contribution in [0.1, 0.15) is 36.8 Å². The van der Waals surface area contributed by atoms with Gasteiger partial charge < -0.3 is 10.6 Å². The quantitative estimate of drug-likeness (QED) is 0.886. The highest BCUT2D eigenvalue weighted by Crippen LogP contribution is 2.19. The molecule has 1 aromatic carbocycles. The van der Waals surface area contributed by atoms with Gasteiger partial charge in [-0.05, 0) is 31.9 Å². The lowest BCUT2D eigenvalue weighted by molar-refractivity contribution is 0.0937. The van der Waals surface area contributed by atoms with Crippen molar-refractivity contribution >= 4 is 17.4 Å². The first kappa shape index (κ1) is 15.0. The van der Waals surface area contributed by atoms with E-state index in [-0.39, 0.29) is 11.9 Å². The standard InChI is InChI=1S/C16H20N4O/c1-4-12-7-5-6-8-13(12)20-15-10-17-14(9-18-15)16(21)19-11(2)3/h5-11H,4H2,1-3H3,(H,18,20)(H,19,21). The number of hydrogen-bond donors (Lipinski definition) is 2. The number of carbonyl (C=O) groups is 1. The molecule has 0 spiro atoms. The van der Waals surface area contributed by atoms with Crippen molar-refractivity contribution in [3.63, 3.8) is 0 Å². The van der Waals surface area contributed by atoms with E-state index in [1.807, 2.05) is 32.0 Å². The topological polar surface area (TPSA) is 66.9 Å². The first-order chi connectivity index (χ1) is 10.1.